The van der Waals surface area contributed by atoms with E-state index >= 15 is 0 Å². The molecule has 2 heterocycles. The lowest BCUT2D eigenvalue weighted by Gasteiger charge is -2.40. The van der Waals surface area contributed by atoms with E-state index in [-0.39, 0.29) is 0 Å². The fourth-order valence-electron chi connectivity index (χ4n) is 3.59. The van der Waals surface area contributed by atoms with Gasteiger partial charge in [0.15, 0.2) is 0 Å². The van der Waals surface area contributed by atoms with Crippen LogP contribution in [-0.4, -0.2) is 30.6 Å². The zero-order valence-electron chi connectivity index (χ0n) is 12.8. The van der Waals surface area contributed by atoms with Gasteiger partial charge in [0.2, 0.25) is 0 Å². The van der Waals surface area contributed by atoms with Crippen molar-refractivity contribution in [1.29, 1.82) is 0 Å². The maximum absolute atomic E-state index is 5.67. The second kappa shape index (κ2) is 6.31. The first kappa shape index (κ1) is 14.2. The molecule has 1 N–H and O–H groups in total. The molecular formula is C17H28N2O. The number of likely N-dealkylation sites (tertiary alicyclic amines) is 1. The fourth-order valence-corrected chi connectivity index (χ4v) is 3.59. The molecule has 0 bridgehead atoms. The number of hydrogen-bond donors (Lipinski definition) is 1. The summed E-state index contributed by atoms with van der Waals surface area (Å²) in [5.41, 5.74) is 0. The molecule has 1 saturated carbocycles. The highest BCUT2D eigenvalue weighted by Crippen LogP contribution is 2.34. The van der Waals surface area contributed by atoms with Gasteiger partial charge >= 0.3 is 0 Å². The van der Waals surface area contributed by atoms with E-state index in [2.05, 4.69) is 30.1 Å². The van der Waals surface area contributed by atoms with Crippen LogP contribution in [0.4, 0.5) is 0 Å². The molecule has 1 unspecified atom stereocenters. The second-order valence-corrected chi connectivity index (χ2v) is 6.85. The molecule has 2 aliphatic rings. The second-order valence-electron chi connectivity index (χ2n) is 6.85. The molecule has 112 valence electrons. The SMILES string of the molecule is CC(C)C1CC(NCC(c2ccco2)N2CCCC2)C1. The zero-order chi connectivity index (χ0) is 13.9. The molecule has 1 aromatic rings. The minimum atomic E-state index is 0.422. The average molecular weight is 276 g/mol. The van der Waals surface area contributed by atoms with E-state index in [0.29, 0.717) is 6.04 Å². The summed E-state index contributed by atoms with van der Waals surface area (Å²) in [6.45, 7) is 8.15. The van der Waals surface area contributed by atoms with Crippen LogP contribution in [0.25, 0.3) is 0 Å². The van der Waals surface area contributed by atoms with Crippen molar-refractivity contribution in [3.63, 3.8) is 0 Å². The summed E-state index contributed by atoms with van der Waals surface area (Å²) in [6, 6.07) is 5.28. The summed E-state index contributed by atoms with van der Waals surface area (Å²) in [4.78, 5) is 2.57. The van der Waals surface area contributed by atoms with Crippen molar-refractivity contribution in [2.45, 2.75) is 51.6 Å². The average Bonchev–Trinajstić information content (AvgIpc) is 3.04. The first-order valence-corrected chi connectivity index (χ1v) is 8.25. The number of nitrogens with one attached hydrogen (secondary N) is 1. The van der Waals surface area contributed by atoms with Crippen LogP contribution in [-0.2, 0) is 0 Å². The van der Waals surface area contributed by atoms with Gasteiger partial charge in [0.1, 0.15) is 5.76 Å². The molecule has 1 aliphatic heterocycles. The molecule has 1 atom stereocenters. The maximum Gasteiger partial charge on any atom is 0.122 e. The number of furan rings is 1. The van der Waals surface area contributed by atoms with Crippen molar-refractivity contribution in [3.05, 3.63) is 24.2 Å². The number of rotatable bonds is 6. The first-order valence-electron chi connectivity index (χ1n) is 8.25. The molecule has 1 aromatic heterocycles. The van der Waals surface area contributed by atoms with Crippen LogP contribution < -0.4 is 5.32 Å². The molecule has 2 fully saturated rings. The molecule has 3 heteroatoms. The van der Waals surface area contributed by atoms with E-state index in [1.807, 2.05) is 6.07 Å². The highest BCUT2D eigenvalue weighted by Gasteiger charge is 2.32. The van der Waals surface area contributed by atoms with Crippen molar-refractivity contribution >= 4 is 0 Å². The number of hydrogen-bond acceptors (Lipinski definition) is 3. The Balaban J connectivity index is 1.52. The lowest BCUT2D eigenvalue weighted by Crippen LogP contribution is -2.46. The quantitative estimate of drug-likeness (QED) is 0.862. The fraction of sp³-hybridized carbons (Fsp3) is 0.765. The summed E-state index contributed by atoms with van der Waals surface area (Å²) in [6.07, 6.45) is 7.16. The van der Waals surface area contributed by atoms with Crippen LogP contribution in [0.15, 0.2) is 22.8 Å². The minimum absolute atomic E-state index is 0.422. The maximum atomic E-state index is 5.67. The number of nitrogens with zero attached hydrogens (tertiary/aromatic N) is 1. The Labute approximate surface area is 122 Å². The molecule has 3 rings (SSSR count). The third-order valence-corrected chi connectivity index (χ3v) is 5.17. The molecule has 0 radical (unpaired) electrons. The van der Waals surface area contributed by atoms with Crippen molar-refractivity contribution < 1.29 is 4.42 Å². The smallest absolute Gasteiger partial charge is 0.122 e. The molecule has 20 heavy (non-hydrogen) atoms. The first-order chi connectivity index (χ1) is 9.74. The van der Waals surface area contributed by atoms with Gasteiger partial charge in [-0.2, -0.15) is 0 Å². The Morgan fingerprint density at radius 2 is 2.05 bits per heavy atom. The van der Waals surface area contributed by atoms with E-state index in [1.165, 1.54) is 38.8 Å². The van der Waals surface area contributed by atoms with Crippen LogP contribution in [0.3, 0.4) is 0 Å². The Morgan fingerprint density at radius 1 is 1.30 bits per heavy atom. The third kappa shape index (κ3) is 3.09. The Morgan fingerprint density at radius 3 is 2.65 bits per heavy atom. The summed E-state index contributed by atoms with van der Waals surface area (Å²) in [5.74, 6) is 2.90. The van der Waals surface area contributed by atoms with Crippen molar-refractivity contribution in [3.8, 4) is 0 Å². The van der Waals surface area contributed by atoms with Gasteiger partial charge in [0.25, 0.3) is 0 Å². The van der Waals surface area contributed by atoms with E-state index in [4.69, 9.17) is 4.42 Å². The summed E-state index contributed by atoms with van der Waals surface area (Å²) >= 11 is 0. The standard InChI is InChI=1S/C17H28N2O/c1-13(2)14-10-15(11-14)18-12-16(17-6-5-9-20-17)19-7-3-4-8-19/h5-6,9,13-16,18H,3-4,7-8,10-12H2,1-2H3. The van der Waals surface area contributed by atoms with Gasteiger partial charge in [0.05, 0.1) is 12.3 Å². The lowest BCUT2D eigenvalue weighted by atomic mass is 9.73. The normalized spacial score (nSPS) is 28.8. The predicted octanol–water partition coefficient (Wildman–Crippen LogP) is 3.44. The minimum Gasteiger partial charge on any atom is -0.468 e. The van der Waals surface area contributed by atoms with E-state index < -0.39 is 0 Å². The van der Waals surface area contributed by atoms with Crippen LogP contribution in [0.5, 0.6) is 0 Å². The Bertz CT molecular complexity index is 389. The Kier molecular flexibility index (Phi) is 4.47. The van der Waals surface area contributed by atoms with Crippen molar-refractivity contribution in [1.82, 2.24) is 10.2 Å². The van der Waals surface area contributed by atoms with E-state index in [9.17, 15) is 0 Å². The molecule has 0 amide bonds. The van der Waals surface area contributed by atoms with Crippen LogP contribution >= 0.6 is 0 Å². The topological polar surface area (TPSA) is 28.4 Å². The molecule has 0 spiro atoms. The largest absolute Gasteiger partial charge is 0.468 e. The van der Waals surface area contributed by atoms with Gasteiger partial charge in [-0.25, -0.2) is 0 Å². The van der Waals surface area contributed by atoms with Crippen LogP contribution in [0.2, 0.25) is 0 Å². The Hall–Kier alpha value is -0.800. The summed E-state index contributed by atoms with van der Waals surface area (Å²) in [5, 5.41) is 3.77. The van der Waals surface area contributed by atoms with Gasteiger partial charge in [-0.15, -0.1) is 0 Å². The lowest BCUT2D eigenvalue weighted by molar-refractivity contribution is 0.145. The van der Waals surface area contributed by atoms with Gasteiger partial charge < -0.3 is 9.73 Å². The van der Waals surface area contributed by atoms with Gasteiger partial charge in [-0.3, -0.25) is 4.90 Å². The highest BCUT2D eigenvalue weighted by molar-refractivity contribution is 5.06. The third-order valence-electron chi connectivity index (χ3n) is 5.17. The van der Waals surface area contributed by atoms with Gasteiger partial charge in [-0.1, -0.05) is 13.8 Å². The van der Waals surface area contributed by atoms with E-state index in [0.717, 1.165) is 30.2 Å². The van der Waals surface area contributed by atoms with Crippen LogP contribution in [0, 0.1) is 11.8 Å². The van der Waals surface area contributed by atoms with Crippen molar-refractivity contribution in [2.75, 3.05) is 19.6 Å². The van der Waals surface area contributed by atoms with Gasteiger partial charge in [-0.05, 0) is 62.7 Å². The predicted molar refractivity (Wildman–Crippen MR) is 81.6 cm³/mol. The monoisotopic (exact) mass is 276 g/mol. The molecule has 1 aliphatic carbocycles. The van der Waals surface area contributed by atoms with E-state index in [1.54, 1.807) is 6.26 Å². The molecule has 1 saturated heterocycles. The summed E-state index contributed by atoms with van der Waals surface area (Å²) in [7, 11) is 0. The summed E-state index contributed by atoms with van der Waals surface area (Å²) < 4.78 is 5.67. The molecule has 3 nitrogen and oxygen atoms in total. The highest BCUT2D eigenvalue weighted by atomic mass is 16.3. The van der Waals surface area contributed by atoms with Gasteiger partial charge in [0, 0.05) is 12.6 Å². The molecular weight excluding hydrogens is 248 g/mol. The zero-order valence-corrected chi connectivity index (χ0v) is 12.8. The van der Waals surface area contributed by atoms with Crippen molar-refractivity contribution in [2.24, 2.45) is 11.8 Å². The molecule has 0 aromatic carbocycles. The van der Waals surface area contributed by atoms with Crippen LogP contribution in [0.1, 0.15) is 51.3 Å².